The van der Waals surface area contributed by atoms with Gasteiger partial charge in [0.05, 0.1) is 11.3 Å². The van der Waals surface area contributed by atoms with Crippen molar-refractivity contribution in [3.63, 3.8) is 0 Å². The van der Waals surface area contributed by atoms with E-state index in [1.165, 1.54) is 23.9 Å². The third-order valence-electron chi connectivity index (χ3n) is 3.38. The van der Waals surface area contributed by atoms with E-state index in [1.54, 1.807) is 25.1 Å². The number of carbonyl (C=O) groups excluding carboxylic acids is 2. The van der Waals surface area contributed by atoms with Crippen LogP contribution in [0.4, 0.5) is 11.4 Å². The lowest BCUT2D eigenvalue weighted by Crippen LogP contribution is -2.21. The lowest BCUT2D eigenvalue weighted by atomic mass is 10.2. The van der Waals surface area contributed by atoms with Crippen LogP contribution in [0.1, 0.15) is 12.0 Å². The molecule has 1 amide bonds. The molecule has 0 spiro atoms. The van der Waals surface area contributed by atoms with Crippen molar-refractivity contribution < 1.29 is 19.2 Å². The predicted molar refractivity (Wildman–Crippen MR) is 104 cm³/mol. The van der Waals surface area contributed by atoms with Crippen molar-refractivity contribution >= 4 is 46.6 Å². The summed E-state index contributed by atoms with van der Waals surface area (Å²) in [5.41, 5.74) is 0.545. The number of hydrogen-bond acceptors (Lipinski definition) is 6. The van der Waals surface area contributed by atoms with E-state index >= 15 is 0 Å². The number of rotatable bonds is 8. The van der Waals surface area contributed by atoms with Crippen molar-refractivity contribution in [3.05, 3.63) is 63.2 Å². The zero-order valence-corrected chi connectivity index (χ0v) is 16.0. The molecular formula is C18H17ClN2O5S. The summed E-state index contributed by atoms with van der Waals surface area (Å²) in [6, 6.07) is 11.7. The number of carbonyl (C=O) groups is 2. The standard InChI is InChI=1S/C18H17ClN2O5S/c1-12-2-7-15(16(10-12)21(24)25)20-17(22)11-26-18(23)8-9-27-14-5-3-13(19)4-6-14/h2-7,10H,8-9,11H2,1H3,(H,20,22). The van der Waals surface area contributed by atoms with Gasteiger partial charge >= 0.3 is 5.97 Å². The molecule has 0 aliphatic heterocycles. The van der Waals surface area contributed by atoms with Gasteiger partial charge in [-0.3, -0.25) is 19.7 Å². The van der Waals surface area contributed by atoms with Gasteiger partial charge in [0.1, 0.15) is 5.69 Å². The first-order valence-corrected chi connectivity index (χ1v) is 9.30. The van der Waals surface area contributed by atoms with Gasteiger partial charge in [-0.15, -0.1) is 11.8 Å². The molecule has 2 aromatic carbocycles. The van der Waals surface area contributed by atoms with Gasteiger partial charge in [0.2, 0.25) is 0 Å². The monoisotopic (exact) mass is 408 g/mol. The Kier molecular flexibility index (Phi) is 7.63. The third kappa shape index (κ3) is 6.92. The van der Waals surface area contributed by atoms with Gasteiger partial charge in [-0.05, 0) is 42.8 Å². The molecule has 1 N–H and O–H groups in total. The summed E-state index contributed by atoms with van der Waals surface area (Å²) in [7, 11) is 0. The van der Waals surface area contributed by atoms with Gasteiger partial charge in [-0.25, -0.2) is 0 Å². The molecule has 0 aliphatic carbocycles. The molecule has 0 atom stereocenters. The van der Waals surface area contributed by atoms with Crippen LogP contribution in [0.15, 0.2) is 47.4 Å². The number of nitro benzene ring substituents is 1. The topological polar surface area (TPSA) is 98.5 Å². The van der Waals surface area contributed by atoms with E-state index in [0.29, 0.717) is 16.3 Å². The number of nitrogens with one attached hydrogen (secondary N) is 1. The van der Waals surface area contributed by atoms with Crippen molar-refractivity contribution in [2.45, 2.75) is 18.2 Å². The van der Waals surface area contributed by atoms with Crippen LogP contribution in [0.3, 0.4) is 0 Å². The fourth-order valence-corrected chi connectivity index (χ4v) is 3.04. The smallest absolute Gasteiger partial charge is 0.307 e. The molecule has 0 saturated heterocycles. The molecule has 0 saturated carbocycles. The Morgan fingerprint density at radius 3 is 2.59 bits per heavy atom. The Labute approximate surface area is 165 Å². The van der Waals surface area contributed by atoms with Gasteiger partial charge < -0.3 is 10.1 Å². The minimum absolute atomic E-state index is 0.0601. The number of aryl methyl sites for hydroxylation is 1. The van der Waals surface area contributed by atoms with Crippen molar-refractivity contribution in [1.82, 2.24) is 0 Å². The van der Waals surface area contributed by atoms with Crippen LogP contribution >= 0.6 is 23.4 Å². The van der Waals surface area contributed by atoms with Crippen LogP contribution in [-0.4, -0.2) is 29.2 Å². The lowest BCUT2D eigenvalue weighted by molar-refractivity contribution is -0.384. The largest absolute Gasteiger partial charge is 0.456 e. The summed E-state index contributed by atoms with van der Waals surface area (Å²) in [5, 5.41) is 14.1. The molecule has 0 bridgehead atoms. The van der Waals surface area contributed by atoms with Crippen molar-refractivity contribution in [2.24, 2.45) is 0 Å². The highest BCUT2D eigenvalue weighted by Gasteiger charge is 2.16. The third-order valence-corrected chi connectivity index (χ3v) is 4.64. The molecule has 27 heavy (non-hydrogen) atoms. The second-order valence-electron chi connectivity index (χ2n) is 5.54. The van der Waals surface area contributed by atoms with Gasteiger partial charge in [0, 0.05) is 21.7 Å². The van der Waals surface area contributed by atoms with E-state index in [2.05, 4.69) is 5.32 Å². The van der Waals surface area contributed by atoms with Crippen molar-refractivity contribution in [1.29, 1.82) is 0 Å². The van der Waals surface area contributed by atoms with Gasteiger partial charge in [-0.1, -0.05) is 17.7 Å². The summed E-state index contributed by atoms with van der Waals surface area (Å²) >= 11 is 7.27. The lowest BCUT2D eigenvalue weighted by Gasteiger charge is -2.08. The summed E-state index contributed by atoms with van der Waals surface area (Å²) < 4.78 is 4.90. The Bertz CT molecular complexity index is 842. The molecule has 2 aromatic rings. The number of benzene rings is 2. The Balaban J connectivity index is 1.76. The van der Waals surface area contributed by atoms with Crippen molar-refractivity contribution in [3.8, 4) is 0 Å². The molecule has 142 valence electrons. The highest BCUT2D eigenvalue weighted by molar-refractivity contribution is 7.99. The first-order valence-electron chi connectivity index (χ1n) is 7.94. The molecule has 2 rings (SSSR count). The first kappa shape index (κ1) is 20.7. The number of hydrogen-bond donors (Lipinski definition) is 1. The maximum Gasteiger partial charge on any atom is 0.307 e. The number of amides is 1. The van der Waals surface area contributed by atoms with Crippen LogP contribution < -0.4 is 5.32 Å². The average molecular weight is 409 g/mol. The van der Waals surface area contributed by atoms with Gasteiger partial charge in [-0.2, -0.15) is 0 Å². The number of ether oxygens (including phenoxy) is 1. The summed E-state index contributed by atoms with van der Waals surface area (Å²) in [6.07, 6.45) is 0.130. The fourth-order valence-electron chi connectivity index (χ4n) is 2.09. The van der Waals surface area contributed by atoms with Gasteiger partial charge in [0.15, 0.2) is 6.61 Å². The number of esters is 1. The Morgan fingerprint density at radius 2 is 1.93 bits per heavy atom. The second-order valence-corrected chi connectivity index (χ2v) is 7.14. The summed E-state index contributed by atoms with van der Waals surface area (Å²) in [6.45, 7) is 1.21. The highest BCUT2D eigenvalue weighted by Crippen LogP contribution is 2.25. The number of nitro groups is 1. The maximum absolute atomic E-state index is 11.9. The number of halogens is 1. The quantitative estimate of drug-likeness (QED) is 0.304. The van der Waals surface area contributed by atoms with Crippen molar-refractivity contribution in [2.75, 3.05) is 17.7 Å². The van der Waals surface area contributed by atoms with Crippen LogP contribution in [0.2, 0.25) is 5.02 Å². The molecule has 0 aromatic heterocycles. The van der Waals surface area contributed by atoms with E-state index < -0.39 is 23.4 Å². The minimum atomic E-state index is -0.638. The normalized spacial score (nSPS) is 10.3. The predicted octanol–water partition coefficient (Wildman–Crippen LogP) is 4.22. The zero-order chi connectivity index (χ0) is 19.8. The van der Waals surface area contributed by atoms with E-state index in [4.69, 9.17) is 16.3 Å². The fraction of sp³-hybridized carbons (Fsp3) is 0.222. The van der Waals surface area contributed by atoms with Crippen LogP contribution in [-0.2, 0) is 14.3 Å². The first-order chi connectivity index (χ1) is 12.8. The van der Waals surface area contributed by atoms with E-state index in [1.807, 2.05) is 12.1 Å². The molecule has 0 heterocycles. The number of nitrogens with zero attached hydrogens (tertiary/aromatic N) is 1. The van der Waals surface area contributed by atoms with Crippen LogP contribution in [0.5, 0.6) is 0 Å². The maximum atomic E-state index is 11.9. The summed E-state index contributed by atoms with van der Waals surface area (Å²) in [5.74, 6) is -0.670. The zero-order valence-electron chi connectivity index (χ0n) is 14.4. The SMILES string of the molecule is Cc1ccc(NC(=O)COC(=O)CCSc2ccc(Cl)cc2)c([N+](=O)[O-])c1. The molecule has 0 aliphatic rings. The van der Waals surface area contributed by atoms with Gasteiger partial charge in [0.25, 0.3) is 11.6 Å². The second kappa shape index (κ2) is 9.94. The molecular weight excluding hydrogens is 392 g/mol. The summed E-state index contributed by atoms with van der Waals surface area (Å²) in [4.78, 5) is 35.0. The average Bonchev–Trinajstić information content (AvgIpc) is 2.63. The molecule has 0 fully saturated rings. The van der Waals surface area contributed by atoms with E-state index in [9.17, 15) is 19.7 Å². The number of anilines is 1. The Morgan fingerprint density at radius 1 is 1.22 bits per heavy atom. The number of thioether (sulfide) groups is 1. The molecule has 0 unspecified atom stereocenters. The molecule has 0 radical (unpaired) electrons. The Hall–Kier alpha value is -2.58. The highest BCUT2D eigenvalue weighted by atomic mass is 35.5. The molecule has 9 heteroatoms. The van der Waals surface area contributed by atoms with E-state index in [-0.39, 0.29) is 17.8 Å². The van der Waals surface area contributed by atoms with E-state index in [0.717, 1.165) is 4.90 Å². The van der Waals surface area contributed by atoms with Crippen LogP contribution in [0.25, 0.3) is 0 Å². The minimum Gasteiger partial charge on any atom is -0.456 e. The molecule has 7 nitrogen and oxygen atoms in total. The van der Waals surface area contributed by atoms with Crippen LogP contribution in [0, 0.1) is 17.0 Å².